The number of aryl methyl sites for hydroxylation is 2. The van der Waals surface area contributed by atoms with E-state index in [0.717, 1.165) is 36.5 Å². The van der Waals surface area contributed by atoms with Crippen molar-refractivity contribution < 1.29 is 18.6 Å². The minimum atomic E-state index is -0.349. The Labute approximate surface area is 164 Å². The van der Waals surface area contributed by atoms with Gasteiger partial charge in [0.1, 0.15) is 30.9 Å². The molecule has 0 spiro atoms. The van der Waals surface area contributed by atoms with Crippen LogP contribution in [0.4, 0.5) is 4.39 Å². The Hall–Kier alpha value is -2.41. The quantitative estimate of drug-likeness (QED) is 0.801. The Kier molecular flexibility index (Phi) is 5.35. The zero-order valence-electron chi connectivity index (χ0n) is 16.6. The van der Waals surface area contributed by atoms with E-state index in [2.05, 4.69) is 21.8 Å². The highest BCUT2D eigenvalue weighted by Gasteiger charge is 2.28. The number of pyridine rings is 2. The zero-order valence-corrected chi connectivity index (χ0v) is 16.6. The fourth-order valence-corrected chi connectivity index (χ4v) is 3.87. The lowest BCUT2D eigenvalue weighted by molar-refractivity contribution is 0.0567. The van der Waals surface area contributed by atoms with Crippen LogP contribution in [0.1, 0.15) is 36.8 Å². The molecule has 4 rings (SSSR count). The van der Waals surface area contributed by atoms with E-state index in [1.165, 1.54) is 6.07 Å². The van der Waals surface area contributed by atoms with Gasteiger partial charge in [0.2, 0.25) is 0 Å². The third kappa shape index (κ3) is 4.19. The van der Waals surface area contributed by atoms with Crippen LogP contribution in [0.25, 0.3) is 0 Å². The maximum absolute atomic E-state index is 14.4. The van der Waals surface area contributed by atoms with Crippen LogP contribution in [0.15, 0.2) is 18.2 Å². The van der Waals surface area contributed by atoms with Crippen molar-refractivity contribution in [1.82, 2.24) is 14.9 Å². The van der Waals surface area contributed by atoms with Gasteiger partial charge < -0.3 is 14.2 Å². The van der Waals surface area contributed by atoms with Gasteiger partial charge in [-0.25, -0.2) is 9.37 Å². The Morgan fingerprint density at radius 1 is 1.14 bits per heavy atom. The Balaban J connectivity index is 1.39. The van der Waals surface area contributed by atoms with Crippen molar-refractivity contribution in [3.63, 3.8) is 0 Å². The minimum absolute atomic E-state index is 0.144. The Morgan fingerprint density at radius 3 is 2.64 bits per heavy atom. The highest BCUT2D eigenvalue weighted by Crippen LogP contribution is 2.31. The molecule has 2 aliphatic rings. The van der Waals surface area contributed by atoms with Gasteiger partial charge in [0.25, 0.3) is 5.88 Å². The van der Waals surface area contributed by atoms with E-state index in [9.17, 15) is 4.39 Å². The van der Waals surface area contributed by atoms with Crippen LogP contribution in [0.5, 0.6) is 17.4 Å². The van der Waals surface area contributed by atoms with Gasteiger partial charge in [-0.15, -0.1) is 0 Å². The number of likely N-dealkylation sites (tertiary alicyclic amines) is 1. The summed E-state index contributed by atoms with van der Waals surface area (Å²) in [7, 11) is 0. The molecule has 150 valence electrons. The fraction of sp³-hybridized carbons (Fsp3) is 0.524. The van der Waals surface area contributed by atoms with E-state index in [1.54, 1.807) is 0 Å². The second-order valence-electron chi connectivity index (χ2n) is 7.59. The minimum Gasteiger partial charge on any atom is -0.490 e. The van der Waals surface area contributed by atoms with Crippen molar-refractivity contribution in [1.29, 1.82) is 0 Å². The molecule has 1 saturated heterocycles. The SMILES string of the molecule is Cc1cc(O[C@H]2CCN(Cc3nc4c(cc3F)OCCO4)[C@@H](C)C2)cc(C)n1. The molecular formula is C21H26FN3O3. The molecule has 0 radical (unpaired) electrons. The average Bonchev–Trinajstić information content (AvgIpc) is 2.63. The number of nitrogens with zero attached hydrogens (tertiary/aromatic N) is 3. The van der Waals surface area contributed by atoms with Crippen LogP contribution < -0.4 is 14.2 Å². The van der Waals surface area contributed by atoms with Gasteiger partial charge in [-0.2, -0.15) is 0 Å². The molecule has 2 aliphatic heterocycles. The molecule has 2 aromatic rings. The normalized spacial score (nSPS) is 22.1. The number of hydrogen-bond donors (Lipinski definition) is 0. The van der Waals surface area contributed by atoms with Gasteiger partial charge >= 0.3 is 0 Å². The van der Waals surface area contributed by atoms with Crippen molar-refractivity contribution in [3.05, 3.63) is 41.1 Å². The lowest BCUT2D eigenvalue weighted by atomic mass is 10.00. The smallest absolute Gasteiger partial charge is 0.257 e. The summed E-state index contributed by atoms with van der Waals surface area (Å²) < 4.78 is 31.5. The molecule has 2 aromatic heterocycles. The van der Waals surface area contributed by atoms with E-state index in [0.29, 0.717) is 37.1 Å². The summed E-state index contributed by atoms with van der Waals surface area (Å²) >= 11 is 0. The second-order valence-corrected chi connectivity index (χ2v) is 7.59. The first-order valence-electron chi connectivity index (χ1n) is 9.79. The third-order valence-electron chi connectivity index (χ3n) is 5.24. The van der Waals surface area contributed by atoms with E-state index in [1.807, 2.05) is 26.0 Å². The molecule has 0 aliphatic carbocycles. The van der Waals surface area contributed by atoms with Crippen molar-refractivity contribution >= 4 is 0 Å². The molecular weight excluding hydrogens is 361 g/mol. The van der Waals surface area contributed by atoms with Gasteiger partial charge in [0.05, 0.1) is 5.69 Å². The molecule has 1 fully saturated rings. The maximum atomic E-state index is 14.4. The first-order valence-corrected chi connectivity index (χ1v) is 9.79. The topological polar surface area (TPSA) is 56.7 Å². The van der Waals surface area contributed by atoms with Crippen LogP contribution in [0.3, 0.4) is 0 Å². The summed E-state index contributed by atoms with van der Waals surface area (Å²) in [5, 5.41) is 0. The molecule has 28 heavy (non-hydrogen) atoms. The Bertz CT molecular complexity index is 841. The van der Waals surface area contributed by atoms with E-state index >= 15 is 0 Å². The van der Waals surface area contributed by atoms with Gasteiger partial charge in [-0.3, -0.25) is 9.88 Å². The number of ether oxygens (including phenoxy) is 3. The third-order valence-corrected chi connectivity index (χ3v) is 5.24. The first kappa shape index (κ1) is 18.9. The number of piperidine rings is 1. The van der Waals surface area contributed by atoms with E-state index in [-0.39, 0.29) is 18.0 Å². The molecule has 0 saturated carbocycles. The highest BCUT2D eigenvalue weighted by atomic mass is 19.1. The highest BCUT2D eigenvalue weighted by molar-refractivity contribution is 5.36. The number of hydrogen-bond acceptors (Lipinski definition) is 6. The van der Waals surface area contributed by atoms with Crippen molar-refractivity contribution in [2.45, 2.75) is 52.3 Å². The summed E-state index contributed by atoms with van der Waals surface area (Å²) in [6.07, 6.45) is 1.91. The lowest BCUT2D eigenvalue weighted by Gasteiger charge is -2.37. The molecule has 0 bridgehead atoms. The van der Waals surface area contributed by atoms with Crippen molar-refractivity contribution in [2.75, 3.05) is 19.8 Å². The molecule has 4 heterocycles. The van der Waals surface area contributed by atoms with E-state index < -0.39 is 0 Å². The maximum Gasteiger partial charge on any atom is 0.257 e. The molecule has 0 aromatic carbocycles. The average molecular weight is 387 g/mol. The monoisotopic (exact) mass is 387 g/mol. The van der Waals surface area contributed by atoms with Crippen molar-refractivity contribution in [2.24, 2.45) is 0 Å². The van der Waals surface area contributed by atoms with Gasteiger partial charge in [0.15, 0.2) is 5.75 Å². The summed E-state index contributed by atoms with van der Waals surface area (Å²) in [6.45, 7) is 8.23. The molecule has 6 nitrogen and oxygen atoms in total. The molecule has 0 amide bonds. The molecule has 7 heteroatoms. The number of rotatable bonds is 4. The standard InChI is InChI=1S/C21H26FN3O3/c1-13-8-17(9-14(2)23-13)28-16-4-5-25(15(3)10-16)12-19-18(22)11-20-21(24-19)27-7-6-26-20/h8-9,11,15-16H,4-7,10,12H2,1-3H3/t15-,16-/m0/s1. The predicted molar refractivity (Wildman–Crippen MR) is 102 cm³/mol. The summed E-state index contributed by atoms with van der Waals surface area (Å²) in [4.78, 5) is 11.0. The van der Waals surface area contributed by atoms with Gasteiger partial charge in [-0.1, -0.05) is 0 Å². The molecule has 0 unspecified atom stereocenters. The Morgan fingerprint density at radius 2 is 1.89 bits per heavy atom. The largest absolute Gasteiger partial charge is 0.490 e. The predicted octanol–water partition coefficient (Wildman–Crippen LogP) is 3.44. The van der Waals surface area contributed by atoms with Crippen LogP contribution in [-0.4, -0.2) is 46.8 Å². The van der Waals surface area contributed by atoms with Gasteiger partial charge in [-0.05, 0) is 33.6 Å². The molecule has 0 N–H and O–H groups in total. The number of aromatic nitrogens is 2. The second kappa shape index (κ2) is 7.91. The first-order chi connectivity index (χ1) is 13.5. The van der Waals surface area contributed by atoms with Crippen LogP contribution in [-0.2, 0) is 6.54 Å². The molecule has 2 atom stereocenters. The van der Waals surface area contributed by atoms with Gasteiger partial charge in [0, 0.05) is 48.7 Å². The fourth-order valence-electron chi connectivity index (χ4n) is 3.87. The van der Waals surface area contributed by atoms with Crippen molar-refractivity contribution in [3.8, 4) is 17.4 Å². The van der Waals surface area contributed by atoms with E-state index in [4.69, 9.17) is 14.2 Å². The lowest BCUT2D eigenvalue weighted by Crippen LogP contribution is -2.44. The number of fused-ring (bicyclic) bond motifs is 1. The van der Waals surface area contributed by atoms with Crippen LogP contribution in [0, 0.1) is 19.7 Å². The zero-order chi connectivity index (χ0) is 19.7. The summed E-state index contributed by atoms with van der Waals surface area (Å²) in [5.41, 5.74) is 2.32. The summed E-state index contributed by atoms with van der Waals surface area (Å²) in [5.74, 6) is 1.29. The number of halogens is 1. The van der Waals surface area contributed by atoms with Crippen LogP contribution in [0.2, 0.25) is 0 Å². The summed E-state index contributed by atoms with van der Waals surface area (Å²) in [6, 6.07) is 5.58. The van der Waals surface area contributed by atoms with Crippen LogP contribution >= 0.6 is 0 Å².